The molecule has 0 fully saturated rings. The molecule has 0 saturated heterocycles. The third-order valence-corrected chi connectivity index (χ3v) is 5.86. The third-order valence-electron chi connectivity index (χ3n) is 4.65. The largest absolute Gasteiger partial charge is 0.481 e. The summed E-state index contributed by atoms with van der Waals surface area (Å²) in [5.74, 6) is 0.326. The highest BCUT2D eigenvalue weighted by Gasteiger charge is 2.21. The summed E-state index contributed by atoms with van der Waals surface area (Å²) in [5, 5.41) is 3.01. The van der Waals surface area contributed by atoms with E-state index < -0.39 is 16.1 Å². The molecule has 2 atom stereocenters. The molecule has 28 heavy (non-hydrogen) atoms. The fraction of sp³-hybridized carbons (Fsp3) is 0.381. The van der Waals surface area contributed by atoms with Crippen LogP contribution in [0.1, 0.15) is 37.4 Å². The monoisotopic (exact) mass is 404 g/mol. The maximum Gasteiger partial charge on any atom is 0.261 e. The molecule has 0 aromatic heterocycles. The van der Waals surface area contributed by atoms with Crippen molar-refractivity contribution >= 4 is 21.6 Å². The number of hydrogen-bond donors (Lipinski definition) is 1. The topological polar surface area (TPSA) is 75.7 Å². The zero-order chi connectivity index (χ0) is 20.9. The van der Waals surface area contributed by atoms with Gasteiger partial charge >= 0.3 is 0 Å². The molecule has 2 rings (SSSR count). The van der Waals surface area contributed by atoms with Crippen LogP contribution < -0.4 is 14.4 Å². The number of benzene rings is 2. The van der Waals surface area contributed by atoms with Gasteiger partial charge < -0.3 is 10.1 Å². The minimum absolute atomic E-state index is 0.128. The molecule has 0 radical (unpaired) electrons. The summed E-state index contributed by atoms with van der Waals surface area (Å²) in [6.07, 6.45) is 1.02. The van der Waals surface area contributed by atoms with Gasteiger partial charge in [0.25, 0.3) is 5.91 Å². The lowest BCUT2D eigenvalue weighted by molar-refractivity contribution is -0.128. The Morgan fingerprint density at radius 1 is 1.14 bits per heavy atom. The van der Waals surface area contributed by atoms with Crippen LogP contribution in [0.15, 0.2) is 48.5 Å². The lowest BCUT2D eigenvalue weighted by atomic mass is 10.0. The fourth-order valence-electron chi connectivity index (χ4n) is 2.87. The van der Waals surface area contributed by atoms with Crippen molar-refractivity contribution in [2.45, 2.75) is 39.3 Å². The maximum atomic E-state index is 12.7. The Hall–Kier alpha value is -2.54. The first-order valence-corrected chi connectivity index (χ1v) is 11.0. The fourth-order valence-corrected chi connectivity index (χ4v) is 3.37. The number of nitrogens with one attached hydrogen (secondary N) is 1. The van der Waals surface area contributed by atoms with Crippen LogP contribution in [0.2, 0.25) is 0 Å². The predicted molar refractivity (Wildman–Crippen MR) is 112 cm³/mol. The third kappa shape index (κ3) is 5.48. The van der Waals surface area contributed by atoms with Crippen molar-refractivity contribution < 1.29 is 17.9 Å². The summed E-state index contributed by atoms with van der Waals surface area (Å²) < 4.78 is 30.2. The van der Waals surface area contributed by atoms with E-state index in [1.807, 2.05) is 45.0 Å². The molecular formula is C21H28N2O4S. The van der Waals surface area contributed by atoms with E-state index >= 15 is 0 Å². The standard InChI is InChI=1S/C21H28N2O4S/c1-6-20(21(24)22-16(3)19-10-8-7-9-15(19)2)27-18-13-11-17(12-14-18)23(4)28(5,25)26/h7-14,16,20H,6H2,1-5H3,(H,22,24)/t16-,20-/m1/s1. The first kappa shape index (κ1) is 21.8. The SMILES string of the molecule is CC[C@@H](Oc1ccc(N(C)S(C)(=O)=O)cc1)C(=O)N[C@H](C)c1ccccc1C. The number of carbonyl (C=O) groups is 1. The molecule has 152 valence electrons. The number of amides is 1. The molecule has 7 heteroatoms. The average molecular weight is 405 g/mol. The van der Waals surface area contributed by atoms with Gasteiger partial charge in [-0.1, -0.05) is 31.2 Å². The lowest BCUT2D eigenvalue weighted by Gasteiger charge is -2.22. The van der Waals surface area contributed by atoms with Crippen molar-refractivity contribution in [1.82, 2.24) is 5.32 Å². The van der Waals surface area contributed by atoms with E-state index in [9.17, 15) is 13.2 Å². The first-order valence-electron chi connectivity index (χ1n) is 9.20. The molecule has 1 N–H and O–H groups in total. The maximum absolute atomic E-state index is 12.7. The Kier molecular flexibility index (Phi) is 7.07. The molecule has 0 heterocycles. The number of ether oxygens (including phenoxy) is 1. The van der Waals surface area contributed by atoms with Gasteiger partial charge in [0, 0.05) is 7.05 Å². The summed E-state index contributed by atoms with van der Waals surface area (Å²) in [4.78, 5) is 12.7. The van der Waals surface area contributed by atoms with Crippen molar-refractivity contribution in [3.05, 3.63) is 59.7 Å². The number of aryl methyl sites for hydroxylation is 1. The van der Waals surface area contributed by atoms with Gasteiger partial charge in [0.2, 0.25) is 10.0 Å². The molecule has 0 bridgehead atoms. The van der Waals surface area contributed by atoms with Crippen LogP contribution in [-0.4, -0.2) is 33.7 Å². The van der Waals surface area contributed by atoms with Crippen molar-refractivity contribution in [2.24, 2.45) is 0 Å². The van der Waals surface area contributed by atoms with Crippen LogP contribution in [-0.2, 0) is 14.8 Å². The van der Waals surface area contributed by atoms with Gasteiger partial charge in [0.1, 0.15) is 5.75 Å². The van der Waals surface area contributed by atoms with Gasteiger partial charge in [-0.15, -0.1) is 0 Å². The summed E-state index contributed by atoms with van der Waals surface area (Å²) in [6, 6.07) is 14.4. The van der Waals surface area contributed by atoms with Crippen molar-refractivity contribution in [3.63, 3.8) is 0 Å². The highest BCUT2D eigenvalue weighted by atomic mass is 32.2. The van der Waals surface area contributed by atoms with E-state index in [0.29, 0.717) is 17.9 Å². The van der Waals surface area contributed by atoms with Crippen LogP contribution in [0.5, 0.6) is 5.75 Å². The number of anilines is 1. The number of rotatable bonds is 8. The molecule has 6 nitrogen and oxygen atoms in total. The normalized spacial score (nSPS) is 13.5. The molecule has 2 aromatic carbocycles. The highest BCUT2D eigenvalue weighted by molar-refractivity contribution is 7.92. The zero-order valence-corrected chi connectivity index (χ0v) is 17.8. The van der Waals surface area contributed by atoms with Crippen LogP contribution in [0.4, 0.5) is 5.69 Å². The number of carbonyl (C=O) groups excluding carboxylic acids is 1. The van der Waals surface area contributed by atoms with E-state index in [1.165, 1.54) is 11.4 Å². The molecule has 0 aliphatic rings. The Bertz CT molecular complexity index is 910. The minimum Gasteiger partial charge on any atom is -0.481 e. The van der Waals surface area contributed by atoms with Gasteiger partial charge in [-0.2, -0.15) is 0 Å². The highest BCUT2D eigenvalue weighted by Crippen LogP contribution is 2.22. The number of hydrogen-bond acceptors (Lipinski definition) is 4. The Labute approximate surface area is 167 Å². The lowest BCUT2D eigenvalue weighted by Crippen LogP contribution is -2.39. The molecular weight excluding hydrogens is 376 g/mol. The van der Waals surface area contributed by atoms with Gasteiger partial charge in [-0.25, -0.2) is 8.42 Å². The predicted octanol–water partition coefficient (Wildman–Crippen LogP) is 3.43. The van der Waals surface area contributed by atoms with Crippen molar-refractivity contribution in [1.29, 1.82) is 0 Å². The van der Waals surface area contributed by atoms with Crippen molar-refractivity contribution in [3.8, 4) is 5.75 Å². The molecule has 0 unspecified atom stereocenters. The van der Waals surface area contributed by atoms with Crippen LogP contribution in [0, 0.1) is 6.92 Å². The van der Waals surface area contributed by atoms with E-state index in [1.54, 1.807) is 24.3 Å². The number of sulfonamides is 1. The molecule has 1 amide bonds. The smallest absolute Gasteiger partial charge is 0.261 e. The second-order valence-corrected chi connectivity index (χ2v) is 8.84. The van der Waals surface area contributed by atoms with Gasteiger partial charge in [-0.05, 0) is 55.7 Å². The molecule has 0 aliphatic heterocycles. The molecule has 0 saturated carbocycles. The second-order valence-electron chi connectivity index (χ2n) is 6.83. The molecule has 2 aromatic rings. The Morgan fingerprint density at radius 2 is 1.75 bits per heavy atom. The Balaban J connectivity index is 2.05. The minimum atomic E-state index is -3.32. The van der Waals surface area contributed by atoms with Crippen LogP contribution in [0.3, 0.4) is 0 Å². The molecule has 0 spiro atoms. The van der Waals surface area contributed by atoms with Crippen LogP contribution >= 0.6 is 0 Å². The zero-order valence-electron chi connectivity index (χ0n) is 17.0. The van der Waals surface area contributed by atoms with Crippen molar-refractivity contribution in [2.75, 3.05) is 17.6 Å². The van der Waals surface area contributed by atoms with E-state index in [0.717, 1.165) is 17.4 Å². The van der Waals surface area contributed by atoms with E-state index in [-0.39, 0.29) is 11.9 Å². The summed E-state index contributed by atoms with van der Waals surface area (Å²) >= 11 is 0. The average Bonchev–Trinajstić information content (AvgIpc) is 2.65. The molecule has 0 aliphatic carbocycles. The van der Waals surface area contributed by atoms with Gasteiger partial charge in [0.15, 0.2) is 6.10 Å². The van der Waals surface area contributed by atoms with Gasteiger partial charge in [-0.3, -0.25) is 9.10 Å². The number of nitrogens with zero attached hydrogens (tertiary/aromatic N) is 1. The summed E-state index contributed by atoms with van der Waals surface area (Å²) in [6.45, 7) is 5.85. The van der Waals surface area contributed by atoms with Crippen LogP contribution in [0.25, 0.3) is 0 Å². The Morgan fingerprint density at radius 3 is 2.29 bits per heavy atom. The summed E-state index contributed by atoms with van der Waals surface area (Å²) in [7, 11) is -1.84. The van der Waals surface area contributed by atoms with E-state index in [4.69, 9.17) is 4.74 Å². The first-order chi connectivity index (χ1) is 13.1. The quantitative estimate of drug-likeness (QED) is 0.731. The summed E-state index contributed by atoms with van der Waals surface area (Å²) in [5.41, 5.74) is 2.72. The van der Waals surface area contributed by atoms with Gasteiger partial charge in [0.05, 0.1) is 18.0 Å². The van der Waals surface area contributed by atoms with E-state index in [2.05, 4.69) is 5.32 Å². The second kappa shape index (κ2) is 9.10.